The van der Waals surface area contributed by atoms with E-state index in [4.69, 9.17) is 0 Å². The lowest BCUT2D eigenvalue weighted by Crippen LogP contribution is -2.23. The van der Waals surface area contributed by atoms with Crippen molar-refractivity contribution in [2.24, 2.45) is 0 Å². The van der Waals surface area contributed by atoms with Crippen molar-refractivity contribution in [2.75, 3.05) is 7.05 Å². The van der Waals surface area contributed by atoms with Crippen molar-refractivity contribution in [3.05, 3.63) is 16.4 Å². The molecule has 0 aliphatic heterocycles. The Bertz CT molecular complexity index is 275. The molecule has 66 valence electrons. The molecule has 0 aromatic carbocycles. The van der Waals surface area contributed by atoms with Crippen LogP contribution in [0.5, 0.6) is 0 Å². The highest BCUT2D eigenvalue weighted by molar-refractivity contribution is 9.10. The Kier molecular flexibility index (Phi) is 2.86. The van der Waals surface area contributed by atoms with Gasteiger partial charge >= 0.3 is 0 Å². The van der Waals surface area contributed by atoms with Gasteiger partial charge in [0.25, 0.3) is 0 Å². The molecular formula is C7H10BrN3O. The largest absolute Gasteiger partial charge is 0.358 e. The maximum atomic E-state index is 10.9. The Morgan fingerprint density at radius 3 is 2.92 bits per heavy atom. The van der Waals surface area contributed by atoms with E-state index in [1.165, 1.54) is 0 Å². The molecular weight excluding hydrogens is 222 g/mol. The molecule has 1 amide bonds. The molecule has 0 aliphatic carbocycles. The van der Waals surface area contributed by atoms with Crippen LogP contribution in [0, 0.1) is 6.92 Å². The second-order valence-corrected chi connectivity index (χ2v) is 3.29. The van der Waals surface area contributed by atoms with Crippen molar-refractivity contribution < 1.29 is 4.79 Å². The SMILES string of the molecule is CNC(=O)Cn1cc(Br)c(C)n1. The number of nitrogens with one attached hydrogen (secondary N) is 1. The van der Waals surface area contributed by atoms with Gasteiger partial charge in [0, 0.05) is 13.2 Å². The van der Waals surface area contributed by atoms with Crippen molar-refractivity contribution in [1.82, 2.24) is 15.1 Å². The van der Waals surface area contributed by atoms with E-state index < -0.39 is 0 Å². The summed E-state index contributed by atoms with van der Waals surface area (Å²) >= 11 is 3.31. The number of likely N-dealkylation sites (N-methyl/N-ethyl adjacent to an activating group) is 1. The molecule has 0 aliphatic rings. The summed E-state index contributed by atoms with van der Waals surface area (Å²) in [6.07, 6.45) is 1.78. The van der Waals surface area contributed by atoms with E-state index in [0.717, 1.165) is 10.2 Å². The zero-order valence-electron chi connectivity index (χ0n) is 6.97. The summed E-state index contributed by atoms with van der Waals surface area (Å²) in [5.74, 6) is -0.0509. The van der Waals surface area contributed by atoms with Crippen LogP contribution in [-0.4, -0.2) is 22.7 Å². The molecule has 0 bridgehead atoms. The first-order valence-electron chi connectivity index (χ1n) is 3.53. The van der Waals surface area contributed by atoms with Crippen molar-refractivity contribution in [3.8, 4) is 0 Å². The Hall–Kier alpha value is -0.840. The third-order valence-electron chi connectivity index (χ3n) is 1.47. The molecule has 0 atom stereocenters. The Labute approximate surface area is 79.1 Å². The number of aryl methyl sites for hydroxylation is 1. The highest BCUT2D eigenvalue weighted by atomic mass is 79.9. The fourth-order valence-corrected chi connectivity index (χ4v) is 1.12. The monoisotopic (exact) mass is 231 g/mol. The van der Waals surface area contributed by atoms with Crippen molar-refractivity contribution >= 4 is 21.8 Å². The molecule has 1 rings (SSSR count). The van der Waals surface area contributed by atoms with Crippen LogP contribution < -0.4 is 5.32 Å². The summed E-state index contributed by atoms with van der Waals surface area (Å²) in [6.45, 7) is 2.15. The Balaban J connectivity index is 2.70. The number of hydrogen-bond acceptors (Lipinski definition) is 2. The maximum Gasteiger partial charge on any atom is 0.241 e. The van der Waals surface area contributed by atoms with Crippen LogP contribution in [0.4, 0.5) is 0 Å². The van der Waals surface area contributed by atoms with Gasteiger partial charge in [-0.25, -0.2) is 0 Å². The van der Waals surface area contributed by atoms with Gasteiger partial charge in [0.1, 0.15) is 6.54 Å². The highest BCUT2D eigenvalue weighted by Gasteiger charge is 2.04. The summed E-state index contributed by atoms with van der Waals surface area (Å²) in [4.78, 5) is 10.9. The van der Waals surface area contributed by atoms with Gasteiger partial charge in [0.15, 0.2) is 0 Å². The van der Waals surface area contributed by atoms with Crippen LogP contribution in [0.2, 0.25) is 0 Å². The number of halogens is 1. The van der Waals surface area contributed by atoms with Crippen LogP contribution in [0.15, 0.2) is 10.7 Å². The standard InChI is InChI=1S/C7H10BrN3O/c1-5-6(8)3-11(10-5)4-7(12)9-2/h3H,4H2,1-2H3,(H,9,12). The fourth-order valence-electron chi connectivity index (χ4n) is 0.801. The molecule has 12 heavy (non-hydrogen) atoms. The zero-order chi connectivity index (χ0) is 9.14. The predicted octanol–water partition coefficient (Wildman–Crippen LogP) is 0.700. The van der Waals surface area contributed by atoms with E-state index in [1.807, 2.05) is 6.92 Å². The first kappa shape index (κ1) is 9.25. The van der Waals surface area contributed by atoms with Gasteiger partial charge < -0.3 is 5.32 Å². The summed E-state index contributed by atoms with van der Waals surface area (Å²) in [5, 5.41) is 6.63. The Morgan fingerprint density at radius 1 is 1.83 bits per heavy atom. The average Bonchev–Trinajstić information content (AvgIpc) is 2.31. The molecule has 0 unspecified atom stereocenters. The van der Waals surface area contributed by atoms with Gasteiger partial charge in [-0.05, 0) is 22.9 Å². The Morgan fingerprint density at radius 2 is 2.50 bits per heavy atom. The molecule has 0 saturated carbocycles. The van der Waals surface area contributed by atoms with Crippen LogP contribution in [0.25, 0.3) is 0 Å². The summed E-state index contributed by atoms with van der Waals surface area (Å²) in [5.41, 5.74) is 0.888. The molecule has 0 radical (unpaired) electrons. The quantitative estimate of drug-likeness (QED) is 0.815. The number of amides is 1. The van der Waals surface area contributed by atoms with Gasteiger partial charge in [0.2, 0.25) is 5.91 Å². The van der Waals surface area contributed by atoms with E-state index in [0.29, 0.717) is 0 Å². The minimum absolute atomic E-state index is 0.0509. The van der Waals surface area contributed by atoms with E-state index in [2.05, 4.69) is 26.3 Å². The molecule has 1 N–H and O–H groups in total. The first-order valence-corrected chi connectivity index (χ1v) is 4.33. The number of nitrogens with zero attached hydrogens (tertiary/aromatic N) is 2. The van der Waals surface area contributed by atoms with Crippen molar-refractivity contribution in [1.29, 1.82) is 0 Å². The summed E-state index contributed by atoms with van der Waals surface area (Å²) in [7, 11) is 1.60. The lowest BCUT2D eigenvalue weighted by atomic mass is 10.5. The first-order chi connectivity index (χ1) is 5.63. The normalized spacial score (nSPS) is 9.92. The minimum Gasteiger partial charge on any atom is -0.358 e. The topological polar surface area (TPSA) is 46.9 Å². The van der Waals surface area contributed by atoms with Gasteiger partial charge in [-0.3, -0.25) is 9.48 Å². The van der Waals surface area contributed by atoms with E-state index in [-0.39, 0.29) is 12.5 Å². The molecule has 4 nitrogen and oxygen atoms in total. The van der Waals surface area contributed by atoms with Gasteiger partial charge in [-0.15, -0.1) is 0 Å². The third kappa shape index (κ3) is 2.07. The lowest BCUT2D eigenvalue weighted by Gasteiger charge is -1.98. The molecule has 0 spiro atoms. The lowest BCUT2D eigenvalue weighted by molar-refractivity contribution is -0.121. The van der Waals surface area contributed by atoms with Gasteiger partial charge in [-0.1, -0.05) is 0 Å². The van der Waals surface area contributed by atoms with Crippen molar-refractivity contribution in [2.45, 2.75) is 13.5 Å². The van der Waals surface area contributed by atoms with Gasteiger partial charge in [0.05, 0.1) is 10.2 Å². The molecule has 1 aromatic heterocycles. The molecule has 0 fully saturated rings. The van der Waals surface area contributed by atoms with Crippen LogP contribution in [0.1, 0.15) is 5.69 Å². The fraction of sp³-hybridized carbons (Fsp3) is 0.429. The van der Waals surface area contributed by atoms with Gasteiger partial charge in [-0.2, -0.15) is 5.10 Å². The number of carbonyl (C=O) groups is 1. The summed E-state index contributed by atoms with van der Waals surface area (Å²) in [6, 6.07) is 0. The smallest absolute Gasteiger partial charge is 0.241 e. The molecule has 1 aromatic rings. The van der Waals surface area contributed by atoms with E-state index >= 15 is 0 Å². The zero-order valence-corrected chi connectivity index (χ0v) is 8.55. The molecule has 0 saturated heterocycles. The summed E-state index contributed by atoms with van der Waals surface area (Å²) < 4.78 is 2.52. The third-order valence-corrected chi connectivity index (χ3v) is 2.25. The molecule has 1 heterocycles. The maximum absolute atomic E-state index is 10.9. The number of rotatable bonds is 2. The van der Waals surface area contributed by atoms with Crippen molar-refractivity contribution in [3.63, 3.8) is 0 Å². The van der Waals surface area contributed by atoms with Crippen LogP contribution >= 0.6 is 15.9 Å². The minimum atomic E-state index is -0.0509. The number of hydrogen-bond donors (Lipinski definition) is 1. The van der Waals surface area contributed by atoms with E-state index in [1.54, 1.807) is 17.9 Å². The predicted molar refractivity (Wildman–Crippen MR) is 48.7 cm³/mol. The molecule has 5 heteroatoms. The van der Waals surface area contributed by atoms with Crippen LogP contribution in [-0.2, 0) is 11.3 Å². The van der Waals surface area contributed by atoms with E-state index in [9.17, 15) is 4.79 Å². The average molecular weight is 232 g/mol. The second kappa shape index (κ2) is 3.71. The second-order valence-electron chi connectivity index (χ2n) is 2.43. The number of carbonyl (C=O) groups excluding carboxylic acids is 1. The van der Waals surface area contributed by atoms with Crippen LogP contribution in [0.3, 0.4) is 0 Å². The highest BCUT2D eigenvalue weighted by Crippen LogP contribution is 2.12. The number of aromatic nitrogens is 2.